The minimum absolute atomic E-state index is 0.118. The highest BCUT2D eigenvalue weighted by Gasteiger charge is 2.14. The van der Waals surface area contributed by atoms with Crippen molar-refractivity contribution in [3.8, 4) is 0 Å². The first-order valence-corrected chi connectivity index (χ1v) is 9.14. The molecule has 0 saturated carbocycles. The van der Waals surface area contributed by atoms with E-state index in [1.54, 1.807) is 12.1 Å². The smallest absolute Gasteiger partial charge is 0.329 e. The summed E-state index contributed by atoms with van der Waals surface area (Å²) in [6.45, 7) is 3.33. The normalized spacial score (nSPS) is 10.8. The van der Waals surface area contributed by atoms with E-state index < -0.39 is 23.6 Å². The molecule has 0 heterocycles. The Kier molecular flexibility index (Phi) is 7.65. The fourth-order valence-corrected chi connectivity index (χ4v) is 2.43. The molecule has 2 rings (SSSR count). The van der Waals surface area contributed by atoms with Gasteiger partial charge in [-0.25, -0.2) is 5.43 Å². The van der Waals surface area contributed by atoms with Gasteiger partial charge in [-0.1, -0.05) is 17.7 Å². The van der Waals surface area contributed by atoms with Gasteiger partial charge in [-0.3, -0.25) is 19.2 Å². The van der Waals surface area contributed by atoms with Crippen molar-refractivity contribution in [1.29, 1.82) is 0 Å². The van der Waals surface area contributed by atoms with Gasteiger partial charge in [-0.2, -0.15) is 5.10 Å². The molecule has 9 nitrogen and oxygen atoms in total. The van der Waals surface area contributed by atoms with Crippen LogP contribution in [0.15, 0.2) is 47.6 Å². The van der Waals surface area contributed by atoms with Crippen LogP contribution in [-0.4, -0.2) is 29.3 Å². The molecule has 0 bridgehead atoms. The van der Waals surface area contributed by atoms with E-state index in [0.29, 0.717) is 22.0 Å². The first kappa shape index (κ1) is 22.6. The van der Waals surface area contributed by atoms with E-state index in [2.05, 4.69) is 21.2 Å². The van der Waals surface area contributed by atoms with E-state index in [1.807, 2.05) is 6.92 Å². The number of halogens is 1. The Morgan fingerprint density at radius 1 is 0.967 bits per heavy atom. The minimum Gasteiger partial charge on any atom is -0.366 e. The maximum atomic E-state index is 12.0. The van der Waals surface area contributed by atoms with Crippen molar-refractivity contribution in [1.82, 2.24) is 5.43 Å². The molecule has 0 fully saturated rings. The lowest BCUT2D eigenvalue weighted by Gasteiger charge is -2.07. The van der Waals surface area contributed by atoms with Gasteiger partial charge >= 0.3 is 11.8 Å². The third-order valence-corrected chi connectivity index (χ3v) is 4.26. The van der Waals surface area contributed by atoms with Crippen LogP contribution in [0.4, 0.5) is 11.4 Å². The number of benzene rings is 2. The standard InChI is InChI=1S/C20H20ClN5O4/c1-11-3-6-15(10-16(11)21)24-19(29)20(30)26-25-12(2)9-17(27)23-14-7-4-13(5-8-14)18(22)28/h3-8,10H,9H2,1-2H3,(H2,22,28)(H,23,27)(H,24,29)(H,26,30)/b25-12+. The zero-order valence-electron chi connectivity index (χ0n) is 16.3. The van der Waals surface area contributed by atoms with Crippen molar-refractivity contribution in [3.63, 3.8) is 0 Å². The summed E-state index contributed by atoms with van der Waals surface area (Å²) < 4.78 is 0. The van der Waals surface area contributed by atoms with Crippen LogP contribution in [0.1, 0.15) is 29.3 Å². The number of primary amides is 1. The van der Waals surface area contributed by atoms with E-state index in [0.717, 1.165) is 5.56 Å². The molecule has 0 spiro atoms. The van der Waals surface area contributed by atoms with Gasteiger partial charge in [0.2, 0.25) is 11.8 Å². The van der Waals surface area contributed by atoms with Crippen LogP contribution in [0.2, 0.25) is 5.02 Å². The molecular weight excluding hydrogens is 410 g/mol. The first-order chi connectivity index (χ1) is 14.2. The fraction of sp³-hybridized carbons (Fsp3) is 0.150. The topological polar surface area (TPSA) is 143 Å². The molecule has 30 heavy (non-hydrogen) atoms. The summed E-state index contributed by atoms with van der Waals surface area (Å²) >= 11 is 5.98. The number of nitrogens with two attached hydrogens (primary N) is 1. The Morgan fingerprint density at radius 3 is 2.20 bits per heavy atom. The third-order valence-electron chi connectivity index (χ3n) is 3.85. The van der Waals surface area contributed by atoms with Crippen LogP contribution in [0.5, 0.6) is 0 Å². The second kappa shape index (κ2) is 10.2. The summed E-state index contributed by atoms with van der Waals surface area (Å²) in [4.78, 5) is 46.8. The average Bonchev–Trinajstić information content (AvgIpc) is 2.69. The molecule has 0 aliphatic carbocycles. The monoisotopic (exact) mass is 429 g/mol. The average molecular weight is 430 g/mol. The Labute approximate surface area is 177 Å². The van der Waals surface area contributed by atoms with E-state index in [-0.39, 0.29) is 12.1 Å². The Hall–Kier alpha value is -3.72. The highest BCUT2D eigenvalue weighted by molar-refractivity contribution is 6.40. The number of anilines is 2. The number of hydrogen-bond donors (Lipinski definition) is 4. The van der Waals surface area contributed by atoms with E-state index in [1.165, 1.54) is 37.3 Å². The number of nitrogens with one attached hydrogen (secondary N) is 3. The van der Waals surface area contributed by atoms with Crippen molar-refractivity contribution >= 4 is 52.3 Å². The van der Waals surface area contributed by atoms with Crippen molar-refractivity contribution in [2.75, 3.05) is 10.6 Å². The highest BCUT2D eigenvalue weighted by atomic mass is 35.5. The van der Waals surface area contributed by atoms with Gasteiger partial charge in [0.1, 0.15) is 0 Å². The lowest BCUT2D eigenvalue weighted by atomic mass is 10.2. The van der Waals surface area contributed by atoms with Gasteiger partial charge in [0.05, 0.1) is 6.42 Å². The zero-order chi connectivity index (χ0) is 22.3. The summed E-state index contributed by atoms with van der Waals surface area (Å²) in [5.41, 5.74) is 9.52. The van der Waals surface area contributed by atoms with Crippen LogP contribution in [0, 0.1) is 6.92 Å². The molecule has 0 atom stereocenters. The van der Waals surface area contributed by atoms with Crippen LogP contribution in [0.25, 0.3) is 0 Å². The maximum Gasteiger partial charge on any atom is 0.329 e. The molecule has 0 unspecified atom stereocenters. The Morgan fingerprint density at radius 2 is 1.60 bits per heavy atom. The molecule has 2 aromatic rings. The number of nitrogens with zero attached hydrogens (tertiary/aromatic N) is 1. The molecule has 2 aromatic carbocycles. The third kappa shape index (κ3) is 6.71. The highest BCUT2D eigenvalue weighted by Crippen LogP contribution is 2.19. The molecule has 0 radical (unpaired) electrons. The van der Waals surface area contributed by atoms with Crippen LogP contribution in [0.3, 0.4) is 0 Å². The molecule has 0 aliphatic heterocycles. The number of amides is 4. The zero-order valence-corrected chi connectivity index (χ0v) is 17.0. The summed E-state index contributed by atoms with van der Waals surface area (Å²) in [7, 11) is 0. The van der Waals surface area contributed by atoms with Crippen molar-refractivity contribution in [2.24, 2.45) is 10.8 Å². The maximum absolute atomic E-state index is 12.0. The van der Waals surface area contributed by atoms with Crippen molar-refractivity contribution in [2.45, 2.75) is 20.3 Å². The number of hydrazone groups is 1. The number of hydrogen-bond acceptors (Lipinski definition) is 5. The number of carbonyl (C=O) groups excluding carboxylic acids is 4. The molecule has 156 valence electrons. The van der Waals surface area contributed by atoms with Gasteiger partial charge < -0.3 is 16.4 Å². The fourth-order valence-electron chi connectivity index (χ4n) is 2.25. The summed E-state index contributed by atoms with van der Waals surface area (Å²) in [6.07, 6.45) is -0.118. The van der Waals surface area contributed by atoms with E-state index in [4.69, 9.17) is 17.3 Å². The lowest BCUT2D eigenvalue weighted by Crippen LogP contribution is -2.33. The molecular formula is C20H20ClN5O4. The summed E-state index contributed by atoms with van der Waals surface area (Å²) in [6, 6.07) is 10.9. The van der Waals surface area contributed by atoms with Gasteiger partial charge in [0.15, 0.2) is 0 Å². The van der Waals surface area contributed by atoms with Gasteiger partial charge in [-0.05, 0) is 55.8 Å². The summed E-state index contributed by atoms with van der Waals surface area (Å²) in [5, 5.41) is 9.22. The SMILES string of the molecule is C/C(CC(=O)Nc1ccc(C(N)=O)cc1)=N\NC(=O)C(=O)Nc1ccc(C)c(Cl)c1. The predicted octanol–water partition coefficient (Wildman–Crippen LogP) is 2.21. The molecule has 0 aliphatic rings. The van der Waals surface area contributed by atoms with Gasteiger partial charge in [0.25, 0.3) is 0 Å². The van der Waals surface area contributed by atoms with Gasteiger partial charge in [-0.15, -0.1) is 0 Å². The summed E-state index contributed by atoms with van der Waals surface area (Å²) in [5.74, 6) is -2.88. The quantitative estimate of drug-likeness (QED) is 0.317. The largest absolute Gasteiger partial charge is 0.366 e. The van der Waals surface area contributed by atoms with Gasteiger partial charge in [0, 0.05) is 27.7 Å². The molecule has 0 saturated heterocycles. The number of rotatable bonds is 6. The minimum atomic E-state index is -0.992. The number of carbonyl (C=O) groups is 4. The van der Waals surface area contributed by atoms with E-state index in [9.17, 15) is 19.2 Å². The second-order valence-electron chi connectivity index (χ2n) is 6.37. The van der Waals surface area contributed by atoms with Crippen molar-refractivity contribution < 1.29 is 19.2 Å². The van der Waals surface area contributed by atoms with Crippen LogP contribution < -0.4 is 21.8 Å². The van der Waals surface area contributed by atoms with Crippen LogP contribution in [-0.2, 0) is 14.4 Å². The second-order valence-corrected chi connectivity index (χ2v) is 6.78. The Bertz CT molecular complexity index is 1020. The first-order valence-electron chi connectivity index (χ1n) is 8.76. The van der Waals surface area contributed by atoms with Crippen LogP contribution >= 0.6 is 11.6 Å². The molecule has 10 heteroatoms. The molecule has 0 aromatic heterocycles. The Balaban J connectivity index is 1.84. The van der Waals surface area contributed by atoms with E-state index >= 15 is 0 Å². The lowest BCUT2D eigenvalue weighted by molar-refractivity contribution is -0.136. The molecule has 4 amide bonds. The predicted molar refractivity (Wildman–Crippen MR) is 114 cm³/mol. The molecule has 5 N–H and O–H groups in total. The number of aryl methyl sites for hydroxylation is 1. The van der Waals surface area contributed by atoms with Crippen molar-refractivity contribution in [3.05, 3.63) is 58.6 Å².